The first-order chi connectivity index (χ1) is 49.9. The lowest BCUT2D eigenvalue weighted by Crippen LogP contribution is -2.34. The fraction of sp³-hybridized carbons (Fsp3) is 0.647. The molecular formula is C102H182. The maximum atomic E-state index is 2.46. The van der Waals surface area contributed by atoms with Crippen LogP contribution in [0.1, 0.15) is 404 Å². The van der Waals surface area contributed by atoms with Gasteiger partial charge < -0.3 is 0 Å². The van der Waals surface area contributed by atoms with Crippen LogP contribution in [-0.4, -0.2) is 0 Å². The van der Waals surface area contributed by atoms with Gasteiger partial charge in [0.25, 0.3) is 0 Å². The van der Waals surface area contributed by atoms with Crippen LogP contribution < -0.4 is 0 Å². The summed E-state index contributed by atoms with van der Waals surface area (Å²) in [6.45, 7) is 64.6. The molecule has 0 N–H and O–H groups in total. The Morgan fingerprint density at radius 3 is 0.725 bits per heavy atom. The molecule has 5 aliphatic carbocycles. The van der Waals surface area contributed by atoms with Crippen LogP contribution >= 0.6 is 0 Å². The van der Waals surface area contributed by atoms with Crippen molar-refractivity contribution >= 4 is 0 Å². The van der Waals surface area contributed by atoms with E-state index in [1.165, 1.54) is 136 Å². The monoisotopic (exact) mass is 1410 g/mol. The van der Waals surface area contributed by atoms with Gasteiger partial charge in [-0.25, -0.2) is 0 Å². The maximum absolute atomic E-state index is 2.46. The summed E-state index contributed by atoms with van der Waals surface area (Å²) < 4.78 is 0. The van der Waals surface area contributed by atoms with Crippen molar-refractivity contribution in [2.75, 3.05) is 0 Å². The molecule has 5 saturated carbocycles. The maximum Gasteiger partial charge on any atom is 0.0146 e. The van der Waals surface area contributed by atoms with E-state index in [-0.39, 0.29) is 5.41 Å². The van der Waals surface area contributed by atoms with Crippen molar-refractivity contribution < 1.29 is 0 Å². The molecule has 0 amide bonds. The van der Waals surface area contributed by atoms with Crippen LogP contribution in [0.25, 0.3) is 11.1 Å². The normalized spacial score (nSPS) is 16.7. The molecule has 6 aromatic carbocycles. The van der Waals surface area contributed by atoms with Crippen molar-refractivity contribution in [3.05, 3.63) is 204 Å². The van der Waals surface area contributed by atoms with Gasteiger partial charge in [0, 0.05) is 5.41 Å². The van der Waals surface area contributed by atoms with Crippen LogP contribution in [0, 0.1) is 40.4 Å². The molecule has 0 nitrogen and oxygen atoms in total. The average Bonchev–Trinajstić information content (AvgIpc) is 0.820. The molecule has 0 heterocycles. The Balaban J connectivity index is -0.000000200. The number of hydrogen-bond acceptors (Lipinski definition) is 0. The first-order valence-electron chi connectivity index (χ1n) is 44.2. The summed E-state index contributed by atoms with van der Waals surface area (Å²) >= 11 is 0. The van der Waals surface area contributed by atoms with Crippen molar-refractivity contribution in [1.29, 1.82) is 0 Å². The zero-order valence-corrected chi connectivity index (χ0v) is 74.8. The molecule has 2 unspecified atom stereocenters. The van der Waals surface area contributed by atoms with Gasteiger partial charge in [0.05, 0.1) is 0 Å². The second-order valence-corrected chi connectivity index (χ2v) is 26.7. The highest BCUT2D eigenvalue weighted by molar-refractivity contribution is 5.62. The summed E-state index contributed by atoms with van der Waals surface area (Å²) in [7, 11) is 0. The van der Waals surface area contributed by atoms with Crippen molar-refractivity contribution in [2.45, 2.75) is 393 Å². The highest BCUT2D eigenvalue weighted by atomic mass is 14.4. The molecule has 0 heteroatoms. The average molecular weight is 1410 g/mol. The molecule has 0 saturated heterocycles. The highest BCUT2D eigenvalue weighted by Gasteiger charge is 2.38. The fourth-order valence-electron chi connectivity index (χ4n) is 14.6. The van der Waals surface area contributed by atoms with Gasteiger partial charge in [-0.2, -0.15) is 0 Å². The van der Waals surface area contributed by atoms with E-state index in [0.717, 1.165) is 36.0 Å². The lowest BCUT2D eigenvalue weighted by atomic mass is 9.60. The molecule has 2 atom stereocenters. The van der Waals surface area contributed by atoms with E-state index in [1.807, 2.05) is 178 Å². The summed E-state index contributed by atoms with van der Waals surface area (Å²) in [6, 6.07) is 63.1. The minimum atomic E-state index is 0.0858. The zero-order valence-electron chi connectivity index (χ0n) is 74.8. The summed E-state index contributed by atoms with van der Waals surface area (Å²) in [4.78, 5) is 0. The van der Waals surface area contributed by atoms with E-state index in [2.05, 4.69) is 218 Å². The van der Waals surface area contributed by atoms with Gasteiger partial charge in [-0.3, -0.25) is 0 Å². The van der Waals surface area contributed by atoms with Crippen molar-refractivity contribution in [3.8, 4) is 11.1 Å². The van der Waals surface area contributed by atoms with Gasteiger partial charge >= 0.3 is 0 Å². The van der Waals surface area contributed by atoms with Crippen molar-refractivity contribution in [3.63, 3.8) is 0 Å². The quantitative estimate of drug-likeness (QED) is 0.128. The topological polar surface area (TPSA) is 0 Å². The summed E-state index contributed by atoms with van der Waals surface area (Å²) in [5, 5.41) is 0. The zero-order chi connectivity index (χ0) is 79.2. The Morgan fingerprint density at radius 1 is 0.294 bits per heavy atom. The first-order valence-corrected chi connectivity index (χ1v) is 44.2. The molecule has 5 aliphatic rings. The van der Waals surface area contributed by atoms with Gasteiger partial charge in [0.2, 0.25) is 0 Å². The minimum absolute atomic E-state index is 0.0858. The summed E-state index contributed by atoms with van der Waals surface area (Å²) in [5.41, 5.74) is 9.30. The van der Waals surface area contributed by atoms with Crippen LogP contribution in [-0.2, 0) is 11.8 Å². The molecular weight excluding hydrogens is 1230 g/mol. The smallest absolute Gasteiger partial charge is 0.0146 e. The van der Waals surface area contributed by atoms with Gasteiger partial charge in [0.1, 0.15) is 0 Å². The van der Waals surface area contributed by atoms with E-state index in [9.17, 15) is 0 Å². The van der Waals surface area contributed by atoms with Crippen LogP contribution in [0.3, 0.4) is 0 Å². The number of rotatable bonds is 10. The van der Waals surface area contributed by atoms with Gasteiger partial charge in [-0.05, 0) is 112 Å². The van der Waals surface area contributed by atoms with Crippen LogP contribution in [0.5, 0.6) is 0 Å². The van der Waals surface area contributed by atoms with Crippen LogP contribution in [0.2, 0.25) is 0 Å². The molecule has 0 aliphatic heterocycles. The molecule has 0 radical (unpaired) electrons. The third-order valence-electron chi connectivity index (χ3n) is 18.7. The molecule has 11 rings (SSSR count). The van der Waals surface area contributed by atoms with E-state index < -0.39 is 0 Å². The Hall–Kier alpha value is -4.68. The van der Waals surface area contributed by atoms with E-state index >= 15 is 0 Å². The second-order valence-electron chi connectivity index (χ2n) is 26.7. The second kappa shape index (κ2) is 82.0. The van der Waals surface area contributed by atoms with E-state index in [0.29, 0.717) is 10.8 Å². The Bertz CT molecular complexity index is 2180. The molecule has 0 bridgehead atoms. The third kappa shape index (κ3) is 56.7. The predicted octanol–water partition coefficient (Wildman–Crippen LogP) is 36.3. The molecule has 590 valence electrons. The summed E-state index contributed by atoms with van der Waals surface area (Å²) in [6.07, 6.45) is 40.5. The number of hydrogen-bond donors (Lipinski definition) is 0. The molecule has 5 fully saturated rings. The molecule has 0 aromatic heterocycles. The minimum Gasteiger partial charge on any atom is -0.0683 e. The first kappa shape index (κ1) is 111. The highest BCUT2D eigenvalue weighted by Crippen LogP contribution is 2.50. The van der Waals surface area contributed by atoms with Gasteiger partial charge in [-0.1, -0.05) is 531 Å². The lowest BCUT2D eigenvalue weighted by Gasteiger charge is -2.45. The fourth-order valence-corrected chi connectivity index (χ4v) is 14.6. The van der Waals surface area contributed by atoms with Crippen LogP contribution in [0.4, 0.5) is 0 Å². The standard InChI is InChI=1S/C15H16.2C13H24.C13H12.C12H10.C12H24.12C2H6/c1-15(2,13-9-5-3-6-10-13)14-11-7-4-8-12-14;3*1-3-7-12(8-4-1)11-13-9-5-2-6-10-13;1-3-7-11(8-4-1)12-9-5-2-6-10-12;1-6-12(5)8-10(2)7-11(3,4)9-12;12*1-2/h3-12H,1-2H3;2*12-13H,1-11H2;1-10H,11H2;1-10H;10H,6-9H2,1-5H3;12*1-2H3. The van der Waals surface area contributed by atoms with E-state index in [4.69, 9.17) is 0 Å². The Morgan fingerprint density at radius 2 is 0.510 bits per heavy atom. The van der Waals surface area contributed by atoms with E-state index in [1.54, 1.807) is 64.2 Å². The largest absolute Gasteiger partial charge is 0.0683 e. The number of benzene rings is 6. The van der Waals surface area contributed by atoms with Crippen LogP contribution in [0.15, 0.2) is 182 Å². The predicted molar refractivity (Wildman–Crippen MR) is 479 cm³/mol. The van der Waals surface area contributed by atoms with Gasteiger partial charge in [-0.15, -0.1) is 0 Å². The summed E-state index contributed by atoms with van der Waals surface area (Å²) in [5.74, 6) is 5.42. The van der Waals surface area contributed by atoms with Gasteiger partial charge in [0.15, 0.2) is 0 Å². The van der Waals surface area contributed by atoms with Crippen molar-refractivity contribution in [1.82, 2.24) is 0 Å². The molecule has 6 aromatic rings. The lowest BCUT2D eigenvalue weighted by molar-refractivity contribution is 0.0581. The molecule has 102 heavy (non-hydrogen) atoms. The Labute approximate surface area is 645 Å². The van der Waals surface area contributed by atoms with Crippen molar-refractivity contribution in [2.24, 2.45) is 40.4 Å². The molecule has 0 spiro atoms. The SMILES string of the molecule is C1CCC(CC2CCCCC2)CC1.C1CCC(CC2CCCCC2)CC1.CC.CC.CC.CC.CC.CC.CC.CC.CC.CC.CC.CC.CC(C)(c1ccccc1)c1ccccc1.CCC1(C)CC(C)CC(C)(C)C1.c1ccc(-c2ccccc2)cc1.c1ccc(Cc2ccccc2)cc1. The third-order valence-corrected chi connectivity index (χ3v) is 18.7. The Kier molecular flexibility index (Phi) is 89.0.